The molecule has 0 aliphatic rings. The number of carbonyl (C=O) groups excluding carboxylic acids is 8. The van der Waals surface area contributed by atoms with Crippen LogP contribution in [0.25, 0.3) is 0 Å². The summed E-state index contributed by atoms with van der Waals surface area (Å²) in [4.78, 5) is 132. The molecule has 3 aromatic carbocycles. The molecule has 26 heteroatoms. The van der Waals surface area contributed by atoms with Gasteiger partial charge in [0.15, 0.2) is 5.96 Å². The number of carboxylic acid groups (broad SMARTS) is 2. The molecule has 0 aliphatic carbocycles. The molecule has 0 spiro atoms. The van der Waals surface area contributed by atoms with Crippen molar-refractivity contribution in [2.24, 2.45) is 17.4 Å². The first-order valence-corrected chi connectivity index (χ1v) is 24.8. The fraction of sp³-hybridized carbons (Fsp3) is 0.420. The molecule has 0 radical (unpaired) electrons. The van der Waals surface area contributed by atoms with Crippen LogP contribution in [0.1, 0.15) is 56.2 Å². The maximum atomic E-state index is 14.2. The zero-order chi connectivity index (χ0) is 56.3. The van der Waals surface area contributed by atoms with E-state index in [0.29, 0.717) is 16.7 Å². The number of aromatic hydroxyl groups is 1. The molecule has 0 fully saturated rings. The van der Waals surface area contributed by atoms with Crippen LogP contribution in [0.15, 0.2) is 84.9 Å². The highest BCUT2D eigenvalue weighted by atomic mass is 32.1. The van der Waals surface area contributed by atoms with E-state index in [1.165, 1.54) is 24.3 Å². The van der Waals surface area contributed by atoms with Crippen molar-refractivity contribution in [2.75, 3.05) is 25.4 Å². The van der Waals surface area contributed by atoms with Crippen molar-refractivity contribution in [2.45, 2.75) is 101 Å². The van der Waals surface area contributed by atoms with Gasteiger partial charge in [0, 0.05) is 38.0 Å². The van der Waals surface area contributed by atoms with Gasteiger partial charge in [0.25, 0.3) is 0 Å². The molecule has 412 valence electrons. The van der Waals surface area contributed by atoms with Crippen molar-refractivity contribution >= 4 is 77.8 Å². The predicted molar refractivity (Wildman–Crippen MR) is 280 cm³/mol. The fourth-order valence-corrected chi connectivity index (χ4v) is 7.43. The fourth-order valence-electron chi connectivity index (χ4n) is 7.17. The summed E-state index contributed by atoms with van der Waals surface area (Å²) in [5, 5.41) is 58.9. The van der Waals surface area contributed by atoms with Gasteiger partial charge in [-0.1, -0.05) is 86.6 Å². The first kappa shape index (κ1) is 62.0. The molecule has 3 rings (SSSR count). The molecule has 0 saturated heterocycles. The topological polar surface area (TPSA) is 416 Å². The molecule has 0 saturated carbocycles. The van der Waals surface area contributed by atoms with Crippen molar-refractivity contribution in [1.29, 1.82) is 5.41 Å². The highest BCUT2D eigenvalue weighted by Gasteiger charge is 2.32. The Bertz CT molecular complexity index is 2470. The Hall–Kier alpha value is -8.26. The van der Waals surface area contributed by atoms with Gasteiger partial charge in [-0.2, -0.15) is 12.6 Å². The molecule has 7 atom stereocenters. The van der Waals surface area contributed by atoms with Gasteiger partial charge in [-0.25, -0.2) is 4.79 Å². The number of hydrogen-bond donors (Lipinski definition) is 16. The van der Waals surface area contributed by atoms with Crippen molar-refractivity contribution in [3.05, 3.63) is 102 Å². The third-order valence-corrected chi connectivity index (χ3v) is 11.8. The number of amides is 8. The van der Waals surface area contributed by atoms with Gasteiger partial charge in [0.2, 0.25) is 47.3 Å². The summed E-state index contributed by atoms with van der Waals surface area (Å²) >= 11 is 4.09. The number of benzene rings is 3. The van der Waals surface area contributed by atoms with E-state index < -0.39 is 127 Å². The average Bonchev–Trinajstić information content (AvgIpc) is 3.38. The van der Waals surface area contributed by atoms with E-state index in [1.54, 1.807) is 74.5 Å². The molecule has 0 bridgehead atoms. The number of thiol groups is 1. The Balaban J connectivity index is 1.80. The molecule has 0 aliphatic heterocycles. The van der Waals surface area contributed by atoms with E-state index in [4.69, 9.17) is 16.9 Å². The second kappa shape index (κ2) is 32.1. The number of phenolic OH excluding ortho intramolecular Hbond substituents is 1. The smallest absolute Gasteiger partial charge is 0.326 e. The largest absolute Gasteiger partial charge is 0.508 e. The lowest BCUT2D eigenvalue weighted by atomic mass is 10.0. The Morgan fingerprint density at radius 2 is 0.961 bits per heavy atom. The van der Waals surface area contributed by atoms with Gasteiger partial charge in [0.1, 0.15) is 42.0 Å². The van der Waals surface area contributed by atoms with E-state index in [9.17, 15) is 63.3 Å². The van der Waals surface area contributed by atoms with Crippen LogP contribution in [0.2, 0.25) is 0 Å². The lowest BCUT2D eigenvalue weighted by Gasteiger charge is -2.25. The molecule has 17 N–H and O–H groups in total. The summed E-state index contributed by atoms with van der Waals surface area (Å²) in [6.07, 6.45) is -1.49. The highest BCUT2D eigenvalue weighted by Crippen LogP contribution is 2.13. The van der Waals surface area contributed by atoms with E-state index in [-0.39, 0.29) is 62.0 Å². The molecular weight excluding hydrogens is 1010 g/mol. The third kappa shape index (κ3) is 22.9. The summed E-state index contributed by atoms with van der Waals surface area (Å²) in [5.74, 6) is -10.5. The predicted octanol–water partition coefficient (Wildman–Crippen LogP) is -2.31. The van der Waals surface area contributed by atoms with Gasteiger partial charge in [-0.05, 0) is 54.0 Å². The number of carboxylic acids is 2. The van der Waals surface area contributed by atoms with E-state index in [2.05, 4.69) is 60.5 Å². The Morgan fingerprint density at radius 1 is 0.539 bits per heavy atom. The molecule has 0 heterocycles. The molecule has 3 aromatic rings. The zero-order valence-electron chi connectivity index (χ0n) is 42.0. The van der Waals surface area contributed by atoms with Gasteiger partial charge in [-0.3, -0.25) is 48.6 Å². The second-order valence-corrected chi connectivity index (χ2v) is 18.2. The Morgan fingerprint density at radius 3 is 1.45 bits per heavy atom. The first-order valence-electron chi connectivity index (χ1n) is 24.2. The lowest BCUT2D eigenvalue weighted by molar-refractivity contribution is -0.142. The third-order valence-electron chi connectivity index (χ3n) is 11.4. The second-order valence-electron chi connectivity index (χ2n) is 17.9. The number of nitrogens with two attached hydrogens (primary N) is 2. The van der Waals surface area contributed by atoms with Crippen LogP contribution in [0.5, 0.6) is 5.75 Å². The summed E-state index contributed by atoms with van der Waals surface area (Å²) in [6.45, 7) is 1.98. The van der Waals surface area contributed by atoms with Gasteiger partial charge >= 0.3 is 11.9 Å². The monoisotopic (exact) mass is 1080 g/mol. The van der Waals surface area contributed by atoms with Crippen molar-refractivity contribution in [3.63, 3.8) is 0 Å². The van der Waals surface area contributed by atoms with Crippen LogP contribution in [0.4, 0.5) is 0 Å². The molecule has 25 nitrogen and oxygen atoms in total. The van der Waals surface area contributed by atoms with Crippen LogP contribution in [0.3, 0.4) is 0 Å². The number of carbonyl (C=O) groups is 10. The number of guanidine groups is 1. The standard InChI is InChI=1S/C50H68N12O13S/c1-28(2)42(51)48(73)62-38(27-76)44(69)56-25-39(64)57-34(19-20-41(66)67)45(70)59-33(14-9-21-54-50(52)53)43(68)55-26-40(65)58-35(22-29-10-5-3-6-11-29)46(71)60-36(23-30-12-7-4-8-13-30)47(72)61-37(49(74)75)24-31-15-17-32(63)18-16-31/h3-8,10-13,15-18,28,33-38,42,63,76H,9,14,19-27,51H2,1-2H3,(H,55,68)(H,56,69)(H,57,64)(H,58,65)(H,59,70)(H,60,71)(H,61,72)(H,62,73)(H,66,67)(H,74,75)(H4,52,53,54)/t33-,34-,35-,36-,37-,38-,42-/m0/s1. The quantitative estimate of drug-likeness (QED) is 0.0135. The van der Waals surface area contributed by atoms with E-state index >= 15 is 0 Å². The number of aliphatic carboxylic acids is 2. The SMILES string of the molecule is CC(C)[C@H](N)C(=O)N[C@@H](CS)C(=O)NCC(=O)N[C@@H](CCC(=O)O)C(=O)N[C@@H](CCCNC(=N)N)C(=O)NCC(=O)N[C@@H](Cc1ccccc1)C(=O)N[C@@H](Cc1ccccc1)C(=O)N[C@@H](Cc1ccc(O)cc1)C(=O)O. The molecule has 0 unspecified atom stereocenters. The average molecular weight is 1080 g/mol. The van der Waals surface area contributed by atoms with Crippen LogP contribution >= 0.6 is 12.6 Å². The summed E-state index contributed by atoms with van der Waals surface area (Å²) in [5.41, 5.74) is 12.9. The van der Waals surface area contributed by atoms with Crippen molar-refractivity contribution in [3.8, 4) is 5.75 Å². The summed E-state index contributed by atoms with van der Waals surface area (Å²) < 4.78 is 0. The minimum atomic E-state index is -1.57. The summed E-state index contributed by atoms with van der Waals surface area (Å²) in [6, 6.07) is 13.4. The normalized spacial score (nSPS) is 13.6. The minimum Gasteiger partial charge on any atom is -0.508 e. The van der Waals surface area contributed by atoms with Crippen LogP contribution in [0, 0.1) is 11.3 Å². The van der Waals surface area contributed by atoms with Crippen molar-refractivity contribution in [1.82, 2.24) is 47.9 Å². The molecule has 0 aromatic heterocycles. The number of nitrogens with one attached hydrogen (secondary N) is 10. The van der Waals surface area contributed by atoms with Crippen molar-refractivity contribution < 1.29 is 63.3 Å². The number of rotatable bonds is 32. The first-order chi connectivity index (χ1) is 36.1. The summed E-state index contributed by atoms with van der Waals surface area (Å²) in [7, 11) is 0. The van der Waals surface area contributed by atoms with Crippen LogP contribution in [-0.4, -0.2) is 148 Å². The Kier molecular flexibility index (Phi) is 26.2. The highest BCUT2D eigenvalue weighted by molar-refractivity contribution is 7.80. The van der Waals surface area contributed by atoms with E-state index in [0.717, 1.165) is 0 Å². The maximum absolute atomic E-state index is 14.2. The molecule has 76 heavy (non-hydrogen) atoms. The molecule has 8 amide bonds. The van der Waals surface area contributed by atoms with Gasteiger partial charge in [-0.15, -0.1) is 0 Å². The number of hydrogen-bond acceptors (Lipinski definition) is 14. The van der Waals surface area contributed by atoms with Crippen LogP contribution < -0.4 is 59.3 Å². The minimum absolute atomic E-state index is 0.0439. The van der Waals surface area contributed by atoms with Gasteiger partial charge < -0.3 is 74.6 Å². The zero-order valence-corrected chi connectivity index (χ0v) is 42.9. The maximum Gasteiger partial charge on any atom is 0.326 e. The molecular formula is C50H68N12O13S. The van der Waals surface area contributed by atoms with Crippen LogP contribution in [-0.2, 0) is 67.2 Å². The Labute approximate surface area is 444 Å². The van der Waals surface area contributed by atoms with Gasteiger partial charge in [0.05, 0.1) is 19.1 Å². The van der Waals surface area contributed by atoms with E-state index in [1.807, 2.05) is 0 Å². The number of phenols is 1. The lowest BCUT2D eigenvalue weighted by Crippen LogP contribution is -2.58.